The van der Waals surface area contributed by atoms with Gasteiger partial charge in [-0.2, -0.15) is 0 Å². The average molecular weight is 256 g/mol. The van der Waals surface area contributed by atoms with Gasteiger partial charge in [-0.25, -0.2) is 9.97 Å². The predicted molar refractivity (Wildman–Crippen MR) is 59.0 cm³/mol. The van der Waals surface area contributed by atoms with E-state index in [9.17, 15) is 0 Å². The minimum absolute atomic E-state index is 0.762. The third-order valence-electron chi connectivity index (χ3n) is 2.60. The molecule has 0 bridgehead atoms. The molecule has 1 aromatic rings. The first-order valence-corrected chi connectivity index (χ1v) is 5.81. The van der Waals surface area contributed by atoms with E-state index in [4.69, 9.17) is 0 Å². The Morgan fingerprint density at radius 1 is 1.29 bits per heavy atom. The summed E-state index contributed by atoms with van der Waals surface area (Å²) in [6, 6.07) is 0. The third-order valence-corrected chi connectivity index (χ3v) is 3.01. The van der Waals surface area contributed by atoms with Crippen molar-refractivity contribution in [2.45, 2.75) is 19.3 Å². The number of nitrogens with zero attached hydrogens (tertiary/aromatic N) is 2. The standard InChI is InChI=1S/C10H14BrN3/c11-9-6-13-10(14-7-9)5-8-1-3-12-4-2-8/h6-8,12H,1-5H2. The fraction of sp³-hybridized carbons (Fsp3) is 0.600. The molecule has 0 spiro atoms. The van der Waals surface area contributed by atoms with E-state index in [1.165, 1.54) is 12.8 Å². The van der Waals surface area contributed by atoms with Crippen LogP contribution >= 0.6 is 15.9 Å². The maximum Gasteiger partial charge on any atom is 0.128 e. The van der Waals surface area contributed by atoms with Gasteiger partial charge in [-0.1, -0.05) is 0 Å². The molecule has 2 rings (SSSR count). The van der Waals surface area contributed by atoms with Crippen LogP contribution in [0.1, 0.15) is 18.7 Å². The Labute approximate surface area is 92.5 Å². The van der Waals surface area contributed by atoms with Crippen molar-refractivity contribution in [1.29, 1.82) is 0 Å². The summed E-state index contributed by atoms with van der Waals surface area (Å²) in [7, 11) is 0. The molecule has 4 heteroatoms. The highest BCUT2D eigenvalue weighted by Gasteiger charge is 2.14. The van der Waals surface area contributed by atoms with Crippen molar-refractivity contribution in [3.8, 4) is 0 Å². The summed E-state index contributed by atoms with van der Waals surface area (Å²) in [5, 5.41) is 3.36. The summed E-state index contributed by atoms with van der Waals surface area (Å²) >= 11 is 3.34. The fourth-order valence-electron chi connectivity index (χ4n) is 1.79. The zero-order chi connectivity index (χ0) is 9.80. The molecular weight excluding hydrogens is 242 g/mol. The first-order chi connectivity index (χ1) is 6.84. The Morgan fingerprint density at radius 2 is 1.93 bits per heavy atom. The lowest BCUT2D eigenvalue weighted by molar-refractivity contribution is 0.367. The van der Waals surface area contributed by atoms with E-state index in [-0.39, 0.29) is 0 Å². The summed E-state index contributed by atoms with van der Waals surface area (Å²) in [4.78, 5) is 8.59. The Hall–Kier alpha value is -0.480. The Morgan fingerprint density at radius 3 is 2.57 bits per heavy atom. The second-order valence-corrected chi connectivity index (χ2v) is 4.63. The van der Waals surface area contributed by atoms with Crippen LogP contribution in [0, 0.1) is 5.92 Å². The van der Waals surface area contributed by atoms with Crippen LogP contribution in [0.15, 0.2) is 16.9 Å². The van der Waals surface area contributed by atoms with Gasteiger partial charge in [-0.05, 0) is 47.8 Å². The van der Waals surface area contributed by atoms with Crippen LogP contribution in [0.3, 0.4) is 0 Å². The van der Waals surface area contributed by atoms with Crippen molar-refractivity contribution < 1.29 is 0 Å². The molecule has 0 aliphatic carbocycles. The van der Waals surface area contributed by atoms with Gasteiger partial charge >= 0.3 is 0 Å². The van der Waals surface area contributed by atoms with Crippen molar-refractivity contribution in [2.24, 2.45) is 5.92 Å². The van der Waals surface area contributed by atoms with Gasteiger partial charge < -0.3 is 5.32 Å². The Balaban J connectivity index is 1.92. The van der Waals surface area contributed by atoms with E-state index in [0.717, 1.165) is 35.7 Å². The first kappa shape index (κ1) is 10.1. The fourth-order valence-corrected chi connectivity index (χ4v) is 1.99. The number of aromatic nitrogens is 2. The summed E-state index contributed by atoms with van der Waals surface area (Å²) in [5.41, 5.74) is 0. The van der Waals surface area contributed by atoms with Crippen LogP contribution in [0.5, 0.6) is 0 Å². The molecule has 14 heavy (non-hydrogen) atoms. The number of rotatable bonds is 2. The molecule has 0 unspecified atom stereocenters. The monoisotopic (exact) mass is 255 g/mol. The van der Waals surface area contributed by atoms with Crippen LogP contribution in [0.4, 0.5) is 0 Å². The minimum Gasteiger partial charge on any atom is -0.317 e. The SMILES string of the molecule is Brc1cnc(CC2CCNCC2)nc1. The van der Waals surface area contributed by atoms with Crippen LogP contribution < -0.4 is 5.32 Å². The molecule has 1 aromatic heterocycles. The largest absolute Gasteiger partial charge is 0.317 e. The van der Waals surface area contributed by atoms with Gasteiger partial charge in [0.2, 0.25) is 0 Å². The molecule has 3 nitrogen and oxygen atoms in total. The van der Waals surface area contributed by atoms with Gasteiger partial charge in [0.25, 0.3) is 0 Å². The van der Waals surface area contributed by atoms with Crippen LogP contribution in [0.25, 0.3) is 0 Å². The van der Waals surface area contributed by atoms with Gasteiger partial charge in [0, 0.05) is 18.8 Å². The highest BCUT2D eigenvalue weighted by Crippen LogP contribution is 2.16. The molecule has 1 aliphatic heterocycles. The lowest BCUT2D eigenvalue weighted by Gasteiger charge is -2.21. The van der Waals surface area contributed by atoms with Gasteiger partial charge in [-0.15, -0.1) is 0 Å². The minimum atomic E-state index is 0.762. The maximum absolute atomic E-state index is 4.29. The van der Waals surface area contributed by atoms with Gasteiger partial charge in [-0.3, -0.25) is 0 Å². The van der Waals surface area contributed by atoms with Crippen LogP contribution in [0.2, 0.25) is 0 Å². The molecule has 1 saturated heterocycles. The molecule has 0 atom stereocenters. The van der Waals surface area contributed by atoms with Crippen molar-refractivity contribution >= 4 is 15.9 Å². The van der Waals surface area contributed by atoms with E-state index in [2.05, 4.69) is 31.2 Å². The zero-order valence-electron chi connectivity index (χ0n) is 8.04. The second kappa shape index (κ2) is 4.84. The molecule has 2 heterocycles. The van der Waals surface area contributed by atoms with Gasteiger partial charge in [0.05, 0.1) is 4.47 Å². The first-order valence-electron chi connectivity index (χ1n) is 5.02. The van der Waals surface area contributed by atoms with E-state index in [1.807, 2.05) is 12.4 Å². The van der Waals surface area contributed by atoms with Crippen molar-refractivity contribution in [2.75, 3.05) is 13.1 Å². The summed E-state index contributed by atoms with van der Waals surface area (Å²) in [6.07, 6.45) is 7.17. The smallest absolute Gasteiger partial charge is 0.128 e. The molecule has 0 radical (unpaired) electrons. The highest BCUT2D eigenvalue weighted by molar-refractivity contribution is 9.10. The number of piperidine rings is 1. The van der Waals surface area contributed by atoms with E-state index < -0.39 is 0 Å². The number of hydrogen-bond acceptors (Lipinski definition) is 3. The second-order valence-electron chi connectivity index (χ2n) is 3.72. The van der Waals surface area contributed by atoms with E-state index in [0.29, 0.717) is 0 Å². The van der Waals surface area contributed by atoms with Gasteiger partial charge in [0.1, 0.15) is 5.82 Å². The van der Waals surface area contributed by atoms with E-state index >= 15 is 0 Å². The quantitative estimate of drug-likeness (QED) is 0.876. The zero-order valence-corrected chi connectivity index (χ0v) is 9.63. The van der Waals surface area contributed by atoms with Gasteiger partial charge in [0.15, 0.2) is 0 Å². The van der Waals surface area contributed by atoms with Crippen LogP contribution in [-0.4, -0.2) is 23.1 Å². The number of halogens is 1. The molecule has 0 aromatic carbocycles. The number of nitrogens with one attached hydrogen (secondary N) is 1. The predicted octanol–water partition coefficient (Wildman–Crippen LogP) is 1.78. The van der Waals surface area contributed by atoms with E-state index in [1.54, 1.807) is 0 Å². The molecule has 0 saturated carbocycles. The van der Waals surface area contributed by atoms with Crippen molar-refractivity contribution in [3.05, 3.63) is 22.7 Å². The summed E-state index contributed by atoms with van der Waals surface area (Å²) in [6.45, 7) is 2.28. The molecule has 1 N–H and O–H groups in total. The molecular formula is C10H14BrN3. The highest BCUT2D eigenvalue weighted by atomic mass is 79.9. The lowest BCUT2D eigenvalue weighted by atomic mass is 9.94. The maximum atomic E-state index is 4.29. The lowest BCUT2D eigenvalue weighted by Crippen LogP contribution is -2.29. The molecule has 0 amide bonds. The van der Waals surface area contributed by atoms with Crippen molar-refractivity contribution in [1.82, 2.24) is 15.3 Å². The topological polar surface area (TPSA) is 37.8 Å². The third kappa shape index (κ3) is 2.75. The Bertz CT molecular complexity index is 280. The van der Waals surface area contributed by atoms with Crippen LogP contribution in [-0.2, 0) is 6.42 Å². The normalized spacial score (nSPS) is 18.4. The summed E-state index contributed by atoms with van der Waals surface area (Å²) < 4.78 is 0.951. The van der Waals surface area contributed by atoms with Crippen molar-refractivity contribution in [3.63, 3.8) is 0 Å². The molecule has 1 fully saturated rings. The molecule has 76 valence electrons. The summed E-state index contributed by atoms with van der Waals surface area (Å²) in [5.74, 6) is 1.73. The Kier molecular flexibility index (Phi) is 3.48. The molecule has 1 aliphatic rings. The average Bonchev–Trinajstić information content (AvgIpc) is 2.23. The number of hydrogen-bond donors (Lipinski definition) is 1.